The second-order valence-electron chi connectivity index (χ2n) is 5.35. The summed E-state index contributed by atoms with van der Waals surface area (Å²) in [5, 5.41) is 8.18. The molecule has 6 nitrogen and oxygen atoms in total. The van der Waals surface area contributed by atoms with Gasteiger partial charge in [0, 0.05) is 18.3 Å². The first-order valence-electron chi connectivity index (χ1n) is 7.20. The maximum Gasteiger partial charge on any atom is 0.360 e. The number of ether oxygens (including phenoxy) is 1. The Balaban J connectivity index is 1.90. The van der Waals surface area contributed by atoms with Crippen LogP contribution in [0.25, 0.3) is 0 Å². The zero-order valence-electron chi connectivity index (χ0n) is 12.2. The Morgan fingerprint density at radius 3 is 2.90 bits per heavy atom. The molecule has 0 aliphatic heterocycles. The minimum Gasteiger partial charge on any atom is -0.461 e. The van der Waals surface area contributed by atoms with Crippen molar-refractivity contribution < 1.29 is 9.53 Å². The molecule has 2 aromatic heterocycles. The van der Waals surface area contributed by atoms with Crippen molar-refractivity contribution >= 4 is 5.97 Å². The minimum atomic E-state index is -0.381. The summed E-state index contributed by atoms with van der Waals surface area (Å²) >= 11 is 0. The molecule has 0 saturated heterocycles. The fraction of sp³-hybridized carbons (Fsp3) is 0.467. The molecule has 21 heavy (non-hydrogen) atoms. The first kappa shape index (κ1) is 13.7. The van der Waals surface area contributed by atoms with Crippen molar-refractivity contribution in [2.75, 3.05) is 6.61 Å². The average molecular weight is 286 g/mol. The number of carbonyl (C=O) groups is 1. The molecule has 1 aliphatic rings. The molecule has 2 heterocycles. The van der Waals surface area contributed by atoms with E-state index in [1.807, 2.05) is 19.3 Å². The van der Waals surface area contributed by atoms with Crippen molar-refractivity contribution in [3.05, 3.63) is 41.0 Å². The third-order valence-corrected chi connectivity index (χ3v) is 3.47. The number of aromatic nitrogens is 4. The molecule has 0 unspecified atom stereocenters. The van der Waals surface area contributed by atoms with Crippen molar-refractivity contribution in [1.82, 2.24) is 20.0 Å². The standard InChI is InChI=1S/C15H18N4O2/c1-3-21-15(20)13-14(12-4-5-12)19(18-17-13)9-11-6-10(2)7-16-8-11/h6-8,12H,3-5,9H2,1-2H3. The average Bonchev–Trinajstić information content (AvgIpc) is 3.20. The molecule has 3 rings (SSSR count). The molecular formula is C15H18N4O2. The number of carbonyl (C=O) groups excluding carboxylic acids is 1. The van der Waals surface area contributed by atoms with Crippen molar-refractivity contribution in [3.63, 3.8) is 0 Å². The van der Waals surface area contributed by atoms with Gasteiger partial charge in [0.1, 0.15) is 0 Å². The minimum absolute atomic E-state index is 0.345. The molecule has 0 aromatic carbocycles. The summed E-state index contributed by atoms with van der Waals surface area (Å²) in [4.78, 5) is 16.2. The third-order valence-electron chi connectivity index (χ3n) is 3.47. The van der Waals surface area contributed by atoms with Crippen LogP contribution in [-0.2, 0) is 11.3 Å². The Morgan fingerprint density at radius 2 is 2.24 bits per heavy atom. The Bertz CT molecular complexity index is 661. The number of pyridine rings is 1. The summed E-state index contributed by atoms with van der Waals surface area (Å²) in [6.07, 6.45) is 5.78. The van der Waals surface area contributed by atoms with Gasteiger partial charge in [-0.05, 0) is 37.8 Å². The number of rotatable bonds is 5. The van der Waals surface area contributed by atoms with E-state index in [1.54, 1.807) is 11.6 Å². The molecule has 1 aliphatic carbocycles. The van der Waals surface area contributed by atoms with E-state index < -0.39 is 0 Å². The third kappa shape index (κ3) is 2.94. The van der Waals surface area contributed by atoms with E-state index in [-0.39, 0.29) is 5.97 Å². The molecule has 0 atom stereocenters. The second kappa shape index (κ2) is 5.63. The van der Waals surface area contributed by atoms with Crippen LogP contribution in [0.4, 0.5) is 0 Å². The number of hydrogen-bond donors (Lipinski definition) is 0. The predicted octanol–water partition coefficient (Wildman–Crippen LogP) is 2.08. The van der Waals surface area contributed by atoms with Crippen LogP contribution in [0.3, 0.4) is 0 Å². The van der Waals surface area contributed by atoms with Crippen molar-refractivity contribution in [1.29, 1.82) is 0 Å². The highest BCUT2D eigenvalue weighted by Gasteiger charge is 2.34. The lowest BCUT2D eigenvalue weighted by Crippen LogP contribution is -2.11. The lowest BCUT2D eigenvalue weighted by Gasteiger charge is -2.07. The highest BCUT2D eigenvalue weighted by atomic mass is 16.5. The van der Waals surface area contributed by atoms with Crippen LogP contribution >= 0.6 is 0 Å². The summed E-state index contributed by atoms with van der Waals surface area (Å²) in [6, 6.07) is 2.06. The molecule has 2 aromatic rings. The number of aryl methyl sites for hydroxylation is 1. The first-order chi connectivity index (χ1) is 10.2. The molecule has 0 bridgehead atoms. The summed E-state index contributed by atoms with van der Waals surface area (Å²) in [7, 11) is 0. The molecule has 1 saturated carbocycles. The Hall–Kier alpha value is -2.24. The lowest BCUT2D eigenvalue weighted by atomic mass is 10.2. The van der Waals surface area contributed by atoms with Gasteiger partial charge in [0.25, 0.3) is 0 Å². The van der Waals surface area contributed by atoms with Crippen LogP contribution in [0.5, 0.6) is 0 Å². The lowest BCUT2D eigenvalue weighted by molar-refractivity contribution is 0.0518. The Labute approximate surface area is 123 Å². The van der Waals surface area contributed by atoms with Gasteiger partial charge in [-0.15, -0.1) is 5.10 Å². The van der Waals surface area contributed by atoms with Crippen LogP contribution < -0.4 is 0 Å². The fourth-order valence-electron chi connectivity index (χ4n) is 2.42. The summed E-state index contributed by atoms with van der Waals surface area (Å²) < 4.78 is 6.87. The van der Waals surface area contributed by atoms with Crippen molar-refractivity contribution in [3.8, 4) is 0 Å². The molecule has 6 heteroatoms. The van der Waals surface area contributed by atoms with Gasteiger partial charge < -0.3 is 4.74 Å². The van der Waals surface area contributed by atoms with Gasteiger partial charge in [-0.2, -0.15) is 0 Å². The molecule has 1 fully saturated rings. The highest BCUT2D eigenvalue weighted by molar-refractivity contribution is 5.88. The molecule has 0 amide bonds. The molecule has 110 valence electrons. The molecule has 0 spiro atoms. The highest BCUT2D eigenvalue weighted by Crippen LogP contribution is 2.41. The maximum absolute atomic E-state index is 12.0. The van der Waals surface area contributed by atoms with Crippen LogP contribution in [0, 0.1) is 6.92 Å². The van der Waals surface area contributed by atoms with Gasteiger partial charge in [0.15, 0.2) is 5.69 Å². The summed E-state index contributed by atoms with van der Waals surface area (Å²) in [5.74, 6) is -0.00908. The zero-order valence-corrected chi connectivity index (χ0v) is 12.2. The SMILES string of the molecule is CCOC(=O)c1nnn(Cc2cncc(C)c2)c1C1CC1. The van der Waals surface area contributed by atoms with Crippen LogP contribution in [-0.4, -0.2) is 32.6 Å². The quantitative estimate of drug-likeness (QED) is 0.787. The number of hydrogen-bond acceptors (Lipinski definition) is 5. The Kier molecular flexibility index (Phi) is 3.68. The van der Waals surface area contributed by atoms with Gasteiger partial charge in [-0.1, -0.05) is 11.3 Å². The molecule has 0 N–H and O–H groups in total. The summed E-state index contributed by atoms with van der Waals surface area (Å²) in [5.41, 5.74) is 3.42. The second-order valence-corrected chi connectivity index (χ2v) is 5.35. The van der Waals surface area contributed by atoms with Crippen molar-refractivity contribution in [2.45, 2.75) is 39.2 Å². The molecule has 0 radical (unpaired) electrons. The fourth-order valence-corrected chi connectivity index (χ4v) is 2.42. The largest absolute Gasteiger partial charge is 0.461 e. The number of nitrogens with zero attached hydrogens (tertiary/aromatic N) is 4. The zero-order chi connectivity index (χ0) is 14.8. The topological polar surface area (TPSA) is 69.9 Å². The van der Waals surface area contributed by atoms with E-state index in [2.05, 4.69) is 21.4 Å². The van der Waals surface area contributed by atoms with E-state index in [0.29, 0.717) is 24.8 Å². The van der Waals surface area contributed by atoms with E-state index in [1.165, 1.54) is 0 Å². The maximum atomic E-state index is 12.0. The van der Waals surface area contributed by atoms with Crippen LogP contribution in [0.1, 0.15) is 53.0 Å². The van der Waals surface area contributed by atoms with Gasteiger partial charge >= 0.3 is 5.97 Å². The van der Waals surface area contributed by atoms with E-state index >= 15 is 0 Å². The van der Waals surface area contributed by atoms with Crippen LogP contribution in [0.2, 0.25) is 0 Å². The number of esters is 1. The monoisotopic (exact) mass is 286 g/mol. The normalized spacial score (nSPS) is 14.2. The van der Waals surface area contributed by atoms with E-state index in [9.17, 15) is 4.79 Å². The van der Waals surface area contributed by atoms with Gasteiger partial charge in [0.05, 0.1) is 18.8 Å². The van der Waals surface area contributed by atoms with Gasteiger partial charge in [-0.25, -0.2) is 9.48 Å². The summed E-state index contributed by atoms with van der Waals surface area (Å²) in [6.45, 7) is 4.71. The van der Waals surface area contributed by atoms with E-state index in [4.69, 9.17) is 4.74 Å². The van der Waals surface area contributed by atoms with E-state index in [0.717, 1.165) is 29.7 Å². The van der Waals surface area contributed by atoms with Gasteiger partial charge in [0.2, 0.25) is 0 Å². The van der Waals surface area contributed by atoms with Crippen LogP contribution in [0.15, 0.2) is 18.5 Å². The first-order valence-corrected chi connectivity index (χ1v) is 7.20. The van der Waals surface area contributed by atoms with Crippen molar-refractivity contribution in [2.24, 2.45) is 0 Å². The smallest absolute Gasteiger partial charge is 0.360 e. The molecular weight excluding hydrogens is 268 g/mol. The Morgan fingerprint density at radius 1 is 1.43 bits per heavy atom. The van der Waals surface area contributed by atoms with Gasteiger partial charge in [-0.3, -0.25) is 4.98 Å². The predicted molar refractivity (Wildman–Crippen MR) is 76.0 cm³/mol.